The zero-order chi connectivity index (χ0) is 21.1. The highest BCUT2D eigenvalue weighted by Gasteiger charge is 2.33. The Morgan fingerprint density at radius 1 is 1.10 bits per heavy atom. The van der Waals surface area contributed by atoms with Gasteiger partial charge in [-0.3, -0.25) is 9.80 Å². The van der Waals surface area contributed by atoms with Crippen molar-refractivity contribution in [3.8, 4) is 11.5 Å². The Labute approximate surface area is 181 Å². The minimum absolute atomic E-state index is 0.289. The van der Waals surface area contributed by atoms with E-state index in [9.17, 15) is 5.11 Å². The summed E-state index contributed by atoms with van der Waals surface area (Å²) >= 11 is 0. The number of aliphatic hydroxyl groups excluding tert-OH is 1. The first-order chi connectivity index (χ1) is 14.4. The molecule has 2 fully saturated rings. The highest BCUT2D eigenvalue weighted by molar-refractivity contribution is 5.44. The molecular formula is C24H38N2O4. The summed E-state index contributed by atoms with van der Waals surface area (Å²) in [5, 5.41) is 10.5. The fourth-order valence-electron chi connectivity index (χ4n) is 5.41. The molecule has 0 radical (unpaired) electrons. The van der Waals surface area contributed by atoms with E-state index in [-0.39, 0.29) is 6.10 Å². The SMILES string of the molecule is CC1CC(OCC(O)CN2CCN(Cc3ccc4c(c3)OCO4)CC2)CC(C)(C)C1. The van der Waals surface area contributed by atoms with E-state index in [1.165, 1.54) is 12.0 Å². The first kappa shape index (κ1) is 21.9. The molecule has 2 heterocycles. The largest absolute Gasteiger partial charge is 0.454 e. The third-order valence-corrected chi connectivity index (χ3v) is 6.65. The van der Waals surface area contributed by atoms with E-state index in [1.54, 1.807) is 0 Å². The predicted octanol–water partition coefficient (Wildman–Crippen LogP) is 3.13. The summed E-state index contributed by atoms with van der Waals surface area (Å²) in [5.74, 6) is 2.39. The van der Waals surface area contributed by atoms with Crippen molar-refractivity contribution >= 4 is 0 Å². The topological polar surface area (TPSA) is 54.4 Å². The molecule has 3 aliphatic rings. The number of hydrogen-bond acceptors (Lipinski definition) is 6. The van der Waals surface area contributed by atoms with E-state index in [0.29, 0.717) is 31.3 Å². The van der Waals surface area contributed by atoms with Crippen molar-refractivity contribution in [1.29, 1.82) is 0 Å². The summed E-state index contributed by atoms with van der Waals surface area (Å²) in [6.45, 7) is 13.4. The van der Waals surface area contributed by atoms with Gasteiger partial charge in [0.2, 0.25) is 6.79 Å². The second-order valence-corrected chi connectivity index (χ2v) is 10.3. The van der Waals surface area contributed by atoms with Gasteiger partial charge in [-0.25, -0.2) is 0 Å². The monoisotopic (exact) mass is 418 g/mol. The molecule has 30 heavy (non-hydrogen) atoms. The lowest BCUT2D eigenvalue weighted by Crippen LogP contribution is -2.48. The van der Waals surface area contributed by atoms with E-state index in [4.69, 9.17) is 14.2 Å². The van der Waals surface area contributed by atoms with Crippen LogP contribution < -0.4 is 9.47 Å². The van der Waals surface area contributed by atoms with Gasteiger partial charge >= 0.3 is 0 Å². The normalized spacial score (nSPS) is 27.9. The third kappa shape index (κ3) is 5.88. The maximum atomic E-state index is 10.5. The summed E-state index contributed by atoms with van der Waals surface area (Å²) in [6, 6.07) is 6.20. The molecule has 0 bridgehead atoms. The van der Waals surface area contributed by atoms with E-state index in [0.717, 1.165) is 57.1 Å². The molecule has 1 aromatic carbocycles. The van der Waals surface area contributed by atoms with Crippen LogP contribution in [0.3, 0.4) is 0 Å². The van der Waals surface area contributed by atoms with Crippen LogP contribution in [0.15, 0.2) is 18.2 Å². The van der Waals surface area contributed by atoms with Gasteiger partial charge in [0.1, 0.15) is 0 Å². The van der Waals surface area contributed by atoms with Crippen molar-refractivity contribution in [3.63, 3.8) is 0 Å². The Kier molecular flexibility index (Phi) is 6.88. The van der Waals surface area contributed by atoms with Gasteiger partial charge in [-0.15, -0.1) is 0 Å². The number of hydrogen-bond donors (Lipinski definition) is 1. The predicted molar refractivity (Wildman–Crippen MR) is 117 cm³/mol. The van der Waals surface area contributed by atoms with Crippen LogP contribution in [0.4, 0.5) is 0 Å². The van der Waals surface area contributed by atoms with Gasteiger partial charge < -0.3 is 19.3 Å². The van der Waals surface area contributed by atoms with Crippen molar-refractivity contribution in [3.05, 3.63) is 23.8 Å². The van der Waals surface area contributed by atoms with Crippen molar-refractivity contribution in [2.75, 3.05) is 46.1 Å². The van der Waals surface area contributed by atoms with Crippen molar-refractivity contribution < 1.29 is 19.3 Å². The zero-order valence-electron chi connectivity index (χ0n) is 18.8. The van der Waals surface area contributed by atoms with Crippen molar-refractivity contribution in [2.24, 2.45) is 11.3 Å². The highest BCUT2D eigenvalue weighted by Crippen LogP contribution is 2.39. The van der Waals surface area contributed by atoms with E-state index in [2.05, 4.69) is 42.7 Å². The molecule has 6 heteroatoms. The number of aliphatic hydroxyl groups is 1. The van der Waals surface area contributed by atoms with Crippen LogP contribution in [0.1, 0.15) is 45.6 Å². The maximum absolute atomic E-state index is 10.5. The van der Waals surface area contributed by atoms with Gasteiger partial charge in [0, 0.05) is 39.3 Å². The first-order valence-corrected chi connectivity index (χ1v) is 11.5. The molecule has 0 spiro atoms. The summed E-state index contributed by atoms with van der Waals surface area (Å²) in [7, 11) is 0. The lowest BCUT2D eigenvalue weighted by Gasteiger charge is -2.39. The highest BCUT2D eigenvalue weighted by atomic mass is 16.7. The Morgan fingerprint density at radius 2 is 1.83 bits per heavy atom. The lowest BCUT2D eigenvalue weighted by atomic mass is 9.71. The molecule has 168 valence electrons. The Hall–Kier alpha value is -1.34. The molecule has 0 amide bonds. The van der Waals surface area contributed by atoms with Crippen LogP contribution in [0.5, 0.6) is 11.5 Å². The average molecular weight is 419 g/mol. The van der Waals surface area contributed by atoms with Gasteiger partial charge in [0.15, 0.2) is 11.5 Å². The molecule has 1 aromatic rings. The maximum Gasteiger partial charge on any atom is 0.231 e. The number of fused-ring (bicyclic) bond motifs is 1. The molecular weight excluding hydrogens is 380 g/mol. The van der Waals surface area contributed by atoms with Gasteiger partial charge in [-0.1, -0.05) is 26.8 Å². The summed E-state index contributed by atoms with van der Waals surface area (Å²) < 4.78 is 17.0. The smallest absolute Gasteiger partial charge is 0.231 e. The van der Waals surface area contributed by atoms with Gasteiger partial charge in [0.05, 0.1) is 18.8 Å². The molecule has 6 nitrogen and oxygen atoms in total. The number of β-amino-alcohol motifs (C(OH)–C–C–N with tert-alkyl or cyclic N) is 1. The van der Waals surface area contributed by atoms with Gasteiger partial charge in [0.25, 0.3) is 0 Å². The Balaban J connectivity index is 1.16. The van der Waals surface area contributed by atoms with Crippen molar-refractivity contribution in [2.45, 2.75) is 58.8 Å². The average Bonchev–Trinajstić information content (AvgIpc) is 3.14. The zero-order valence-corrected chi connectivity index (χ0v) is 18.8. The second kappa shape index (κ2) is 9.43. The van der Waals surface area contributed by atoms with Crippen LogP contribution in [-0.4, -0.2) is 73.2 Å². The fourth-order valence-corrected chi connectivity index (χ4v) is 5.41. The van der Waals surface area contributed by atoms with E-state index in [1.807, 2.05) is 6.07 Å². The molecule has 3 unspecified atom stereocenters. The molecule has 3 atom stereocenters. The van der Waals surface area contributed by atoms with E-state index >= 15 is 0 Å². The van der Waals surface area contributed by atoms with Crippen molar-refractivity contribution in [1.82, 2.24) is 9.80 Å². The van der Waals surface area contributed by atoms with Gasteiger partial charge in [-0.05, 0) is 48.3 Å². The number of rotatable bonds is 7. The molecule has 1 aliphatic carbocycles. The quantitative estimate of drug-likeness (QED) is 0.734. The third-order valence-electron chi connectivity index (χ3n) is 6.65. The molecule has 1 saturated heterocycles. The second-order valence-electron chi connectivity index (χ2n) is 10.3. The summed E-state index contributed by atoms with van der Waals surface area (Å²) in [5.41, 5.74) is 1.60. The number of piperazine rings is 1. The van der Waals surface area contributed by atoms with Gasteiger partial charge in [-0.2, -0.15) is 0 Å². The minimum atomic E-state index is -0.411. The Bertz CT molecular complexity index is 702. The number of benzene rings is 1. The van der Waals surface area contributed by atoms with Crippen LogP contribution in [0.25, 0.3) is 0 Å². The molecule has 0 aromatic heterocycles. The summed E-state index contributed by atoms with van der Waals surface area (Å²) in [4.78, 5) is 4.82. The number of ether oxygens (including phenoxy) is 3. The number of nitrogens with zero attached hydrogens (tertiary/aromatic N) is 2. The van der Waals surface area contributed by atoms with Crippen LogP contribution in [-0.2, 0) is 11.3 Å². The summed E-state index contributed by atoms with van der Waals surface area (Å²) in [6.07, 6.45) is 3.37. The standard InChI is InChI=1S/C24H38N2O4/c1-18-10-21(13-24(2,3)12-18)28-16-20(27)15-26-8-6-25(7-9-26)14-19-4-5-22-23(11-19)30-17-29-22/h4-5,11,18,20-21,27H,6-10,12-17H2,1-3H3. The molecule has 1 N–H and O–H groups in total. The van der Waals surface area contributed by atoms with Crippen LogP contribution in [0.2, 0.25) is 0 Å². The minimum Gasteiger partial charge on any atom is -0.454 e. The van der Waals surface area contributed by atoms with Crippen LogP contribution in [0, 0.1) is 11.3 Å². The molecule has 2 aliphatic heterocycles. The fraction of sp³-hybridized carbons (Fsp3) is 0.750. The molecule has 1 saturated carbocycles. The Morgan fingerprint density at radius 3 is 2.60 bits per heavy atom. The first-order valence-electron chi connectivity index (χ1n) is 11.5. The molecule has 4 rings (SSSR count). The van der Waals surface area contributed by atoms with E-state index < -0.39 is 6.10 Å². The van der Waals surface area contributed by atoms with Crippen LogP contribution >= 0.6 is 0 Å². The lowest BCUT2D eigenvalue weighted by molar-refractivity contribution is -0.0634.